The molecule has 0 aliphatic carbocycles. The lowest BCUT2D eigenvalue weighted by Crippen LogP contribution is -2.26. The molecule has 0 saturated carbocycles. The number of hydrogen-bond acceptors (Lipinski definition) is 1. The summed E-state index contributed by atoms with van der Waals surface area (Å²) in [5, 5.41) is 9.99. The van der Waals surface area contributed by atoms with Crippen molar-refractivity contribution in [3.63, 3.8) is 0 Å². The van der Waals surface area contributed by atoms with Crippen molar-refractivity contribution in [2.75, 3.05) is 4.90 Å². The number of fused-ring (bicyclic) bond motifs is 4. The first-order chi connectivity index (χ1) is 33.0. The highest BCUT2D eigenvalue weighted by Crippen LogP contribution is 2.45. The Kier molecular flexibility index (Phi) is 16.4. The lowest BCUT2D eigenvalue weighted by Gasteiger charge is -2.30. The maximum atomic E-state index is 4.21. The molecule has 1 heteroatoms. The lowest BCUT2D eigenvalue weighted by atomic mass is 9.85. The van der Waals surface area contributed by atoms with Gasteiger partial charge in [-0.3, -0.25) is 0 Å². The number of allylic oxidation sites excluding steroid dienone is 7. The monoisotopic (exact) mass is 872 g/mol. The highest BCUT2D eigenvalue weighted by Gasteiger charge is 2.20. The Bertz CT molecular complexity index is 3070. The molecule has 0 spiro atoms. The average Bonchev–Trinajstić information content (AvgIpc) is 3.39. The topological polar surface area (TPSA) is 3.24 Å². The highest BCUT2D eigenvalue weighted by atomic mass is 15.2. The SMILES string of the molecule is C/C=C\CCC.C=C/C=C\C(C)N(c1ccc(-c2c3ccccc3c(/C(C=C)=C/CC)c3ccccc23)cc1)c1ccc(-c2c3ccccc3c(-c3ccccc3)c3ccccc23)cc1.CC. The Morgan fingerprint density at radius 3 is 1.22 bits per heavy atom. The molecule has 0 radical (unpaired) electrons. The van der Waals surface area contributed by atoms with Gasteiger partial charge in [-0.15, -0.1) is 0 Å². The third kappa shape index (κ3) is 10.0. The van der Waals surface area contributed by atoms with Gasteiger partial charge in [0.1, 0.15) is 0 Å². The minimum atomic E-state index is 0.0696. The molecule has 334 valence electrons. The van der Waals surface area contributed by atoms with Crippen LogP contribution in [0.3, 0.4) is 0 Å². The number of unbranched alkanes of at least 4 members (excludes halogenated alkanes) is 1. The van der Waals surface area contributed by atoms with Gasteiger partial charge in [0.2, 0.25) is 0 Å². The van der Waals surface area contributed by atoms with Gasteiger partial charge in [0.25, 0.3) is 0 Å². The zero-order chi connectivity index (χ0) is 47.1. The van der Waals surface area contributed by atoms with Crippen molar-refractivity contribution in [2.45, 2.75) is 66.8 Å². The van der Waals surface area contributed by atoms with E-state index in [2.05, 4.69) is 246 Å². The first kappa shape index (κ1) is 47.5. The van der Waals surface area contributed by atoms with Crippen LogP contribution in [0.2, 0.25) is 0 Å². The van der Waals surface area contributed by atoms with Crippen LogP contribution >= 0.6 is 0 Å². The van der Waals surface area contributed by atoms with Crippen LogP contribution < -0.4 is 4.90 Å². The van der Waals surface area contributed by atoms with Crippen LogP contribution in [-0.2, 0) is 0 Å². The van der Waals surface area contributed by atoms with Crippen LogP contribution in [0, 0.1) is 0 Å². The average molecular weight is 872 g/mol. The van der Waals surface area contributed by atoms with Gasteiger partial charge in [0.05, 0.1) is 0 Å². The number of nitrogens with zero attached hydrogens (tertiary/aromatic N) is 1. The highest BCUT2D eigenvalue weighted by molar-refractivity contribution is 6.22. The summed E-state index contributed by atoms with van der Waals surface area (Å²) >= 11 is 0. The Balaban J connectivity index is 0.000000773. The van der Waals surface area contributed by atoms with E-state index in [-0.39, 0.29) is 6.04 Å². The third-order valence-electron chi connectivity index (χ3n) is 12.4. The van der Waals surface area contributed by atoms with E-state index in [0.29, 0.717) is 0 Å². The van der Waals surface area contributed by atoms with Crippen LogP contribution in [0.5, 0.6) is 0 Å². The molecule has 67 heavy (non-hydrogen) atoms. The maximum Gasteiger partial charge on any atom is 0.0497 e. The van der Waals surface area contributed by atoms with Crippen molar-refractivity contribution in [2.24, 2.45) is 0 Å². The number of benzene rings is 9. The van der Waals surface area contributed by atoms with Crippen molar-refractivity contribution < 1.29 is 0 Å². The molecule has 0 bridgehead atoms. The lowest BCUT2D eigenvalue weighted by molar-refractivity contribution is 0.864. The normalized spacial score (nSPS) is 11.9. The minimum Gasteiger partial charge on any atom is -0.335 e. The van der Waals surface area contributed by atoms with Gasteiger partial charge in [0, 0.05) is 17.4 Å². The van der Waals surface area contributed by atoms with E-state index in [1.54, 1.807) is 0 Å². The summed E-state index contributed by atoms with van der Waals surface area (Å²) in [7, 11) is 0. The van der Waals surface area contributed by atoms with Gasteiger partial charge < -0.3 is 4.90 Å². The van der Waals surface area contributed by atoms with Crippen LogP contribution in [0.1, 0.15) is 66.4 Å². The summed E-state index contributed by atoms with van der Waals surface area (Å²) in [5.74, 6) is 0. The van der Waals surface area contributed by atoms with Crippen molar-refractivity contribution in [1.29, 1.82) is 0 Å². The van der Waals surface area contributed by atoms with Crippen molar-refractivity contribution in [3.8, 4) is 33.4 Å². The number of anilines is 2. The van der Waals surface area contributed by atoms with E-state index in [4.69, 9.17) is 0 Å². The molecule has 0 N–H and O–H groups in total. The maximum absolute atomic E-state index is 4.21. The van der Waals surface area contributed by atoms with Crippen molar-refractivity contribution in [1.82, 2.24) is 0 Å². The van der Waals surface area contributed by atoms with Gasteiger partial charge in [-0.1, -0.05) is 241 Å². The molecular weight excluding hydrogens is 807 g/mol. The molecule has 1 nitrogen and oxygen atoms in total. The van der Waals surface area contributed by atoms with Crippen LogP contribution in [0.15, 0.2) is 232 Å². The Hall–Kier alpha value is -7.48. The van der Waals surface area contributed by atoms with Crippen LogP contribution in [-0.4, -0.2) is 6.04 Å². The second-order valence-corrected chi connectivity index (χ2v) is 16.5. The zero-order valence-corrected chi connectivity index (χ0v) is 40.3. The van der Waals surface area contributed by atoms with E-state index in [1.165, 1.54) is 100 Å². The summed E-state index contributed by atoms with van der Waals surface area (Å²) in [6.07, 6.45) is 18.1. The molecule has 1 unspecified atom stereocenters. The van der Waals surface area contributed by atoms with E-state index >= 15 is 0 Å². The second kappa shape index (κ2) is 23.1. The molecule has 0 saturated heterocycles. The molecule has 0 aliphatic heterocycles. The number of hydrogen-bond donors (Lipinski definition) is 0. The molecule has 0 aromatic heterocycles. The Morgan fingerprint density at radius 1 is 0.507 bits per heavy atom. The van der Waals surface area contributed by atoms with Gasteiger partial charge in [-0.25, -0.2) is 0 Å². The zero-order valence-electron chi connectivity index (χ0n) is 40.3. The smallest absolute Gasteiger partial charge is 0.0497 e. The Labute approximate surface area is 400 Å². The van der Waals surface area contributed by atoms with Crippen molar-refractivity contribution >= 4 is 60.0 Å². The molecule has 0 amide bonds. The third-order valence-corrected chi connectivity index (χ3v) is 12.4. The fraction of sp³-hybridized carbons (Fsp3) is 0.152. The molecular formula is C66H65N. The fourth-order valence-corrected chi connectivity index (χ4v) is 9.47. The molecule has 9 aromatic carbocycles. The molecule has 0 fully saturated rings. The standard InChI is InChI=1S/C58H47N.C6H12.C2H6/c1-5-8-21-40(4)59(45-36-32-43(33-37-45)57-49-26-14-12-24-47(49)55(41(7-3)20-6-2)48-25-13-15-27-50(48)57)46-38-34-44(35-39-46)58-53-30-18-16-28-51(53)56(42-22-10-9-11-23-42)52-29-17-19-31-54(52)58;1-3-5-6-4-2;1-2/h5,7-40H,1,3,6H2,2,4H3;3,5H,4,6H2,1-2H3;1-2H3/b21-8-,41-20+;5-3-;. The minimum absolute atomic E-state index is 0.0696. The molecule has 0 aliphatic rings. The summed E-state index contributed by atoms with van der Waals surface area (Å²) in [6, 6.07) is 64.4. The molecule has 9 rings (SSSR count). The summed E-state index contributed by atoms with van der Waals surface area (Å²) in [4.78, 5) is 2.41. The van der Waals surface area contributed by atoms with Gasteiger partial charge in [-0.2, -0.15) is 0 Å². The van der Waals surface area contributed by atoms with Gasteiger partial charge >= 0.3 is 0 Å². The Morgan fingerprint density at radius 2 is 0.881 bits per heavy atom. The van der Waals surface area contributed by atoms with E-state index in [0.717, 1.165) is 17.8 Å². The molecule has 9 aromatic rings. The fourth-order valence-electron chi connectivity index (χ4n) is 9.47. The first-order valence-corrected chi connectivity index (χ1v) is 24.2. The van der Waals surface area contributed by atoms with Gasteiger partial charge in [-0.05, 0) is 139 Å². The predicted molar refractivity (Wildman–Crippen MR) is 300 cm³/mol. The van der Waals surface area contributed by atoms with E-state index < -0.39 is 0 Å². The summed E-state index contributed by atoms with van der Waals surface area (Å²) in [5.41, 5.74) is 12.1. The quantitative estimate of drug-likeness (QED) is 0.0634. The summed E-state index contributed by atoms with van der Waals surface area (Å²) in [6.45, 7) is 20.8. The number of rotatable bonds is 13. The molecule has 0 heterocycles. The summed E-state index contributed by atoms with van der Waals surface area (Å²) < 4.78 is 0. The van der Waals surface area contributed by atoms with E-state index in [9.17, 15) is 0 Å². The van der Waals surface area contributed by atoms with E-state index in [1.807, 2.05) is 32.1 Å². The first-order valence-electron chi connectivity index (χ1n) is 24.2. The van der Waals surface area contributed by atoms with Crippen LogP contribution in [0.4, 0.5) is 11.4 Å². The second-order valence-electron chi connectivity index (χ2n) is 16.5. The largest absolute Gasteiger partial charge is 0.335 e. The molecule has 1 atom stereocenters. The predicted octanol–water partition coefficient (Wildman–Crippen LogP) is 19.9. The van der Waals surface area contributed by atoms with Gasteiger partial charge in [0.15, 0.2) is 0 Å². The van der Waals surface area contributed by atoms with Crippen molar-refractivity contribution in [3.05, 3.63) is 237 Å². The van der Waals surface area contributed by atoms with Crippen LogP contribution in [0.25, 0.3) is 82.0 Å².